The summed E-state index contributed by atoms with van der Waals surface area (Å²) < 4.78 is 44.6. The monoisotopic (exact) mass is 303 g/mol. The van der Waals surface area contributed by atoms with Crippen LogP contribution in [0.2, 0.25) is 0 Å². The molecule has 0 aliphatic carbocycles. The Balaban J connectivity index is 2.10. The quantitative estimate of drug-likeness (QED) is 0.879. The molecule has 1 atom stereocenters. The standard InChI is InChI=1S/C13H16F3N3O2/c1-21-10-9(3-2-5-18-10)7-19-11(20)12(13(14,15)16)4-6-17-8-12/h2-3,5,17H,4,6-8H2,1H3,(H,19,20). The number of aromatic nitrogens is 1. The molecule has 2 rings (SSSR count). The highest BCUT2D eigenvalue weighted by atomic mass is 19.4. The van der Waals surface area contributed by atoms with E-state index < -0.39 is 24.0 Å². The van der Waals surface area contributed by atoms with E-state index in [9.17, 15) is 18.0 Å². The van der Waals surface area contributed by atoms with Crippen LogP contribution in [-0.2, 0) is 11.3 Å². The van der Waals surface area contributed by atoms with Crippen molar-refractivity contribution in [3.8, 4) is 5.88 Å². The summed E-state index contributed by atoms with van der Waals surface area (Å²) >= 11 is 0. The van der Waals surface area contributed by atoms with Crippen LogP contribution in [0.3, 0.4) is 0 Å². The normalized spacial score (nSPS) is 22.1. The summed E-state index contributed by atoms with van der Waals surface area (Å²) in [7, 11) is 1.41. The average Bonchev–Trinajstić information content (AvgIpc) is 2.95. The number of nitrogens with one attached hydrogen (secondary N) is 2. The summed E-state index contributed by atoms with van der Waals surface area (Å²) in [6.45, 7) is -0.288. The first-order valence-electron chi connectivity index (χ1n) is 6.44. The molecule has 0 aromatic carbocycles. The Kier molecular flexibility index (Phi) is 4.36. The number of hydrogen-bond donors (Lipinski definition) is 2. The van der Waals surface area contributed by atoms with Gasteiger partial charge in [-0.15, -0.1) is 0 Å². The minimum atomic E-state index is -4.58. The minimum Gasteiger partial charge on any atom is -0.481 e. The lowest BCUT2D eigenvalue weighted by atomic mass is 9.85. The van der Waals surface area contributed by atoms with E-state index >= 15 is 0 Å². The molecule has 1 aromatic heterocycles. The smallest absolute Gasteiger partial charge is 0.404 e. The van der Waals surface area contributed by atoms with Crippen LogP contribution in [0.15, 0.2) is 18.3 Å². The van der Waals surface area contributed by atoms with Gasteiger partial charge in [0, 0.05) is 24.8 Å². The summed E-state index contributed by atoms with van der Waals surface area (Å²) in [5, 5.41) is 4.95. The number of carbonyl (C=O) groups is 1. The summed E-state index contributed by atoms with van der Waals surface area (Å²) in [5.74, 6) is -0.741. The highest BCUT2D eigenvalue weighted by Gasteiger charge is 2.61. The van der Waals surface area contributed by atoms with Crippen molar-refractivity contribution in [1.29, 1.82) is 0 Å². The van der Waals surface area contributed by atoms with Gasteiger partial charge in [0.05, 0.1) is 7.11 Å². The molecule has 0 spiro atoms. The molecule has 1 unspecified atom stereocenters. The zero-order chi connectivity index (χ0) is 15.5. The van der Waals surface area contributed by atoms with Crippen LogP contribution in [0.25, 0.3) is 0 Å². The number of methoxy groups -OCH3 is 1. The van der Waals surface area contributed by atoms with Gasteiger partial charge in [0.2, 0.25) is 11.8 Å². The molecule has 2 N–H and O–H groups in total. The van der Waals surface area contributed by atoms with E-state index in [1.54, 1.807) is 12.1 Å². The van der Waals surface area contributed by atoms with Gasteiger partial charge >= 0.3 is 6.18 Å². The lowest BCUT2D eigenvalue weighted by molar-refractivity contribution is -0.216. The third-order valence-electron chi connectivity index (χ3n) is 3.62. The lowest BCUT2D eigenvalue weighted by Gasteiger charge is -2.29. The zero-order valence-electron chi connectivity index (χ0n) is 11.5. The number of pyridine rings is 1. The lowest BCUT2D eigenvalue weighted by Crippen LogP contribution is -2.52. The van der Waals surface area contributed by atoms with Crippen LogP contribution in [-0.4, -0.2) is 37.3 Å². The summed E-state index contributed by atoms with van der Waals surface area (Å²) in [6.07, 6.45) is -3.34. The van der Waals surface area contributed by atoms with Crippen LogP contribution in [0.4, 0.5) is 13.2 Å². The maximum absolute atomic E-state index is 13.2. The summed E-state index contributed by atoms with van der Waals surface area (Å²) in [4.78, 5) is 16.0. The van der Waals surface area contributed by atoms with E-state index in [-0.39, 0.29) is 25.4 Å². The second-order valence-corrected chi connectivity index (χ2v) is 4.86. The first kappa shape index (κ1) is 15.6. The topological polar surface area (TPSA) is 63.2 Å². The Morgan fingerprint density at radius 1 is 1.57 bits per heavy atom. The molecule has 1 aliphatic rings. The predicted octanol–water partition coefficient (Wildman–Crippen LogP) is 1.25. The fourth-order valence-corrected chi connectivity index (χ4v) is 2.34. The van der Waals surface area contributed by atoms with Crippen LogP contribution in [0.5, 0.6) is 5.88 Å². The maximum Gasteiger partial charge on any atom is 0.404 e. The zero-order valence-corrected chi connectivity index (χ0v) is 11.5. The first-order valence-corrected chi connectivity index (χ1v) is 6.44. The van der Waals surface area contributed by atoms with Gasteiger partial charge in [-0.05, 0) is 19.0 Å². The minimum absolute atomic E-state index is 0.0618. The van der Waals surface area contributed by atoms with Gasteiger partial charge < -0.3 is 15.4 Å². The van der Waals surface area contributed by atoms with Crippen molar-refractivity contribution in [1.82, 2.24) is 15.6 Å². The van der Waals surface area contributed by atoms with E-state index in [4.69, 9.17) is 4.74 Å². The van der Waals surface area contributed by atoms with Crippen molar-refractivity contribution in [2.45, 2.75) is 19.1 Å². The molecule has 21 heavy (non-hydrogen) atoms. The number of ether oxygens (including phenoxy) is 1. The predicted molar refractivity (Wildman–Crippen MR) is 68.6 cm³/mol. The Morgan fingerprint density at radius 2 is 2.33 bits per heavy atom. The third kappa shape index (κ3) is 2.94. The molecule has 2 heterocycles. The Hall–Kier alpha value is -1.83. The molecule has 1 amide bonds. The van der Waals surface area contributed by atoms with Crippen molar-refractivity contribution < 1.29 is 22.7 Å². The van der Waals surface area contributed by atoms with Gasteiger partial charge in [-0.25, -0.2) is 4.98 Å². The van der Waals surface area contributed by atoms with Crippen molar-refractivity contribution in [3.05, 3.63) is 23.9 Å². The second-order valence-electron chi connectivity index (χ2n) is 4.86. The third-order valence-corrected chi connectivity index (χ3v) is 3.62. The number of carbonyl (C=O) groups excluding carboxylic acids is 1. The van der Waals surface area contributed by atoms with E-state index in [1.807, 2.05) is 0 Å². The molecule has 1 saturated heterocycles. The van der Waals surface area contributed by atoms with Gasteiger partial charge in [-0.2, -0.15) is 13.2 Å². The molecule has 1 fully saturated rings. The number of halogens is 3. The van der Waals surface area contributed by atoms with Crippen LogP contribution >= 0.6 is 0 Å². The molecule has 5 nitrogen and oxygen atoms in total. The Bertz CT molecular complexity index is 514. The van der Waals surface area contributed by atoms with Gasteiger partial charge in [-0.3, -0.25) is 4.79 Å². The van der Waals surface area contributed by atoms with Crippen LogP contribution in [0, 0.1) is 5.41 Å². The average molecular weight is 303 g/mol. The van der Waals surface area contributed by atoms with Gasteiger partial charge in [0.25, 0.3) is 0 Å². The van der Waals surface area contributed by atoms with E-state index in [2.05, 4.69) is 15.6 Å². The number of nitrogens with zero attached hydrogens (tertiary/aromatic N) is 1. The number of hydrogen-bond acceptors (Lipinski definition) is 4. The molecule has 0 bridgehead atoms. The van der Waals surface area contributed by atoms with Crippen molar-refractivity contribution in [2.24, 2.45) is 5.41 Å². The van der Waals surface area contributed by atoms with Gasteiger partial charge in [0.15, 0.2) is 5.41 Å². The highest BCUT2D eigenvalue weighted by molar-refractivity contribution is 5.84. The number of amides is 1. The fraction of sp³-hybridized carbons (Fsp3) is 0.538. The van der Waals surface area contributed by atoms with Crippen LogP contribution in [0.1, 0.15) is 12.0 Å². The number of rotatable bonds is 4. The second kappa shape index (κ2) is 5.88. The maximum atomic E-state index is 13.2. The fourth-order valence-electron chi connectivity index (χ4n) is 2.34. The number of alkyl halides is 3. The van der Waals surface area contributed by atoms with Crippen LogP contribution < -0.4 is 15.4 Å². The van der Waals surface area contributed by atoms with Gasteiger partial charge in [-0.1, -0.05) is 6.07 Å². The van der Waals surface area contributed by atoms with E-state index in [1.165, 1.54) is 13.3 Å². The van der Waals surface area contributed by atoms with Gasteiger partial charge in [0.1, 0.15) is 0 Å². The summed E-state index contributed by atoms with van der Waals surface area (Å²) in [5.41, 5.74) is -1.83. The summed E-state index contributed by atoms with van der Waals surface area (Å²) in [6, 6.07) is 3.26. The molecule has 1 aromatic rings. The molecular weight excluding hydrogens is 287 g/mol. The molecule has 116 valence electrons. The Labute approximate surface area is 119 Å². The van der Waals surface area contributed by atoms with E-state index in [0.29, 0.717) is 5.56 Å². The largest absolute Gasteiger partial charge is 0.481 e. The van der Waals surface area contributed by atoms with Crippen molar-refractivity contribution in [2.75, 3.05) is 20.2 Å². The molecule has 0 saturated carbocycles. The molecule has 0 radical (unpaired) electrons. The highest BCUT2D eigenvalue weighted by Crippen LogP contribution is 2.43. The van der Waals surface area contributed by atoms with Crippen molar-refractivity contribution in [3.63, 3.8) is 0 Å². The van der Waals surface area contributed by atoms with Crippen molar-refractivity contribution >= 4 is 5.91 Å². The Morgan fingerprint density at radius 3 is 2.90 bits per heavy atom. The first-order chi connectivity index (χ1) is 9.90. The molecule has 1 aliphatic heterocycles. The molecule has 8 heteroatoms. The van der Waals surface area contributed by atoms with E-state index in [0.717, 1.165) is 0 Å². The SMILES string of the molecule is COc1ncccc1CNC(=O)C1(C(F)(F)F)CCNC1. The molecular formula is C13H16F3N3O2.